The molecule has 4 aromatic rings. The van der Waals surface area contributed by atoms with Crippen molar-refractivity contribution in [3.05, 3.63) is 114 Å². The van der Waals surface area contributed by atoms with Crippen molar-refractivity contribution >= 4 is 29.4 Å². The summed E-state index contributed by atoms with van der Waals surface area (Å²) in [6.45, 7) is 7.64. The summed E-state index contributed by atoms with van der Waals surface area (Å²) in [6, 6.07) is 20.1. The van der Waals surface area contributed by atoms with Crippen molar-refractivity contribution in [1.29, 1.82) is 0 Å². The fraction of sp³-hybridized carbons (Fsp3) is 0.257. The van der Waals surface area contributed by atoms with E-state index in [0.29, 0.717) is 17.7 Å². The van der Waals surface area contributed by atoms with E-state index in [0.717, 1.165) is 28.0 Å². The van der Waals surface area contributed by atoms with Crippen molar-refractivity contribution in [3.8, 4) is 11.1 Å². The molecule has 1 heterocycles. The molecule has 0 fully saturated rings. The fourth-order valence-corrected chi connectivity index (χ4v) is 4.67. The van der Waals surface area contributed by atoms with Crippen LogP contribution in [0.2, 0.25) is 0 Å². The van der Waals surface area contributed by atoms with Gasteiger partial charge in [0.25, 0.3) is 5.91 Å². The number of nitrogens with zero attached hydrogens (tertiary/aromatic N) is 2. The van der Waals surface area contributed by atoms with Gasteiger partial charge < -0.3 is 20.4 Å². The number of carbonyl (C=O) groups is 3. The molecule has 4 rings (SSSR count). The van der Waals surface area contributed by atoms with Crippen LogP contribution in [0.4, 0.5) is 4.39 Å². The third-order valence-electron chi connectivity index (χ3n) is 6.87. The first-order chi connectivity index (χ1) is 20.9. The third-order valence-corrected chi connectivity index (χ3v) is 6.87. The minimum absolute atomic E-state index is 0.00613. The SMILES string of the molecule is Cc1cncn1C/C(=C/c1ccc(C(=O)N[C@@H](CCC(N)=O)C(=O)OC(C)(C)C)c(-c2ccccc2)c1)c1ccc(F)cc1. The smallest absolute Gasteiger partial charge is 0.329 e. The van der Waals surface area contributed by atoms with Crippen molar-refractivity contribution in [1.82, 2.24) is 14.9 Å². The number of amides is 2. The first kappa shape index (κ1) is 31.9. The van der Waals surface area contributed by atoms with Gasteiger partial charge in [-0.3, -0.25) is 9.59 Å². The van der Waals surface area contributed by atoms with Crippen LogP contribution in [0.5, 0.6) is 0 Å². The van der Waals surface area contributed by atoms with Gasteiger partial charge in [0, 0.05) is 30.4 Å². The number of ether oxygens (including phenoxy) is 1. The Morgan fingerprint density at radius 2 is 1.75 bits per heavy atom. The Kier molecular flexibility index (Phi) is 10.1. The second-order valence-corrected chi connectivity index (χ2v) is 11.6. The highest BCUT2D eigenvalue weighted by Crippen LogP contribution is 2.29. The molecule has 0 aliphatic heterocycles. The molecular formula is C35H37FN4O4. The largest absolute Gasteiger partial charge is 0.458 e. The molecule has 0 unspecified atom stereocenters. The van der Waals surface area contributed by atoms with E-state index in [4.69, 9.17) is 10.5 Å². The van der Waals surface area contributed by atoms with E-state index in [1.807, 2.05) is 60.0 Å². The average Bonchev–Trinajstić information content (AvgIpc) is 3.38. The van der Waals surface area contributed by atoms with Gasteiger partial charge in [-0.05, 0) is 92.3 Å². The molecule has 0 bridgehead atoms. The predicted octanol–water partition coefficient (Wildman–Crippen LogP) is 5.94. The molecule has 8 nitrogen and oxygen atoms in total. The maximum Gasteiger partial charge on any atom is 0.329 e. The monoisotopic (exact) mass is 596 g/mol. The first-order valence-electron chi connectivity index (χ1n) is 14.3. The van der Waals surface area contributed by atoms with E-state index in [-0.39, 0.29) is 18.7 Å². The van der Waals surface area contributed by atoms with E-state index in [9.17, 15) is 18.8 Å². The van der Waals surface area contributed by atoms with Crippen LogP contribution in [-0.4, -0.2) is 39.0 Å². The number of hydrogen-bond donors (Lipinski definition) is 2. The first-order valence-corrected chi connectivity index (χ1v) is 14.3. The van der Waals surface area contributed by atoms with E-state index in [1.54, 1.807) is 51.5 Å². The summed E-state index contributed by atoms with van der Waals surface area (Å²) in [4.78, 5) is 42.4. The molecule has 0 spiro atoms. The number of nitrogens with two attached hydrogens (primary N) is 1. The number of aryl methyl sites for hydroxylation is 1. The Bertz CT molecular complexity index is 1650. The van der Waals surface area contributed by atoms with Crippen LogP contribution in [0.3, 0.4) is 0 Å². The summed E-state index contributed by atoms with van der Waals surface area (Å²) in [6.07, 6.45) is 5.43. The van der Waals surface area contributed by atoms with Gasteiger partial charge in [0.1, 0.15) is 17.5 Å². The number of halogens is 1. The molecule has 1 aromatic heterocycles. The Morgan fingerprint density at radius 1 is 1.05 bits per heavy atom. The highest BCUT2D eigenvalue weighted by Gasteiger charge is 2.28. The number of carbonyl (C=O) groups excluding carboxylic acids is 3. The summed E-state index contributed by atoms with van der Waals surface area (Å²) in [7, 11) is 0. The highest BCUT2D eigenvalue weighted by molar-refractivity contribution is 6.03. The lowest BCUT2D eigenvalue weighted by Crippen LogP contribution is -2.44. The average molecular weight is 597 g/mol. The van der Waals surface area contributed by atoms with Crippen LogP contribution in [-0.2, 0) is 20.9 Å². The second kappa shape index (κ2) is 13.9. The zero-order valence-corrected chi connectivity index (χ0v) is 25.3. The third kappa shape index (κ3) is 8.73. The molecule has 9 heteroatoms. The maximum absolute atomic E-state index is 13.8. The summed E-state index contributed by atoms with van der Waals surface area (Å²) in [5, 5.41) is 2.77. The molecule has 0 aliphatic rings. The normalized spacial score (nSPS) is 12.4. The molecule has 0 aliphatic carbocycles. The van der Waals surface area contributed by atoms with Gasteiger partial charge in [-0.1, -0.05) is 48.5 Å². The minimum atomic E-state index is -1.07. The van der Waals surface area contributed by atoms with Gasteiger partial charge in [0.15, 0.2) is 0 Å². The number of hydrogen-bond acceptors (Lipinski definition) is 5. The van der Waals surface area contributed by atoms with Gasteiger partial charge in [-0.25, -0.2) is 14.2 Å². The van der Waals surface area contributed by atoms with Crippen molar-refractivity contribution in [3.63, 3.8) is 0 Å². The molecule has 3 aromatic carbocycles. The topological polar surface area (TPSA) is 116 Å². The lowest BCUT2D eigenvalue weighted by Gasteiger charge is -2.24. The predicted molar refractivity (Wildman–Crippen MR) is 169 cm³/mol. The summed E-state index contributed by atoms with van der Waals surface area (Å²) in [5.74, 6) is -2.05. The van der Waals surface area contributed by atoms with Gasteiger partial charge in [0.2, 0.25) is 5.91 Å². The van der Waals surface area contributed by atoms with Crippen molar-refractivity contribution in [2.24, 2.45) is 5.73 Å². The molecule has 0 radical (unpaired) electrons. The standard InChI is InChI=1S/C35H37FN4O4/c1-23-20-38-22-40(23)21-27(25-11-13-28(36)14-12-25)18-24-10-15-29(30(19-24)26-8-6-5-7-9-26)33(42)39-31(16-17-32(37)41)34(43)44-35(2,3)4/h5-15,18-20,22,31H,16-17,21H2,1-4H3,(H2,37,41)(H,39,42)/b27-18-/t31-/m0/s1. The molecule has 228 valence electrons. The second-order valence-electron chi connectivity index (χ2n) is 11.6. The molecule has 0 saturated carbocycles. The number of aromatic nitrogens is 2. The van der Waals surface area contributed by atoms with E-state index < -0.39 is 29.4 Å². The van der Waals surface area contributed by atoms with E-state index >= 15 is 0 Å². The minimum Gasteiger partial charge on any atom is -0.458 e. The Labute approximate surface area is 256 Å². The maximum atomic E-state index is 13.8. The lowest BCUT2D eigenvalue weighted by molar-refractivity contribution is -0.157. The molecule has 1 atom stereocenters. The van der Waals surface area contributed by atoms with Crippen LogP contribution in [0.25, 0.3) is 22.8 Å². The molecule has 44 heavy (non-hydrogen) atoms. The van der Waals surface area contributed by atoms with Gasteiger partial charge in [0.05, 0.1) is 6.33 Å². The zero-order chi connectivity index (χ0) is 31.9. The van der Waals surface area contributed by atoms with Crippen molar-refractivity contribution in [2.75, 3.05) is 0 Å². The number of primary amides is 1. The van der Waals surface area contributed by atoms with Gasteiger partial charge in [-0.2, -0.15) is 0 Å². The van der Waals surface area contributed by atoms with Crippen LogP contribution >= 0.6 is 0 Å². The summed E-state index contributed by atoms with van der Waals surface area (Å²) < 4.78 is 21.3. The highest BCUT2D eigenvalue weighted by atomic mass is 19.1. The van der Waals surface area contributed by atoms with E-state index in [1.165, 1.54) is 12.1 Å². The number of imidazole rings is 1. The molecule has 2 amide bonds. The van der Waals surface area contributed by atoms with Crippen LogP contribution in [0.15, 0.2) is 85.3 Å². The van der Waals surface area contributed by atoms with Crippen LogP contribution in [0, 0.1) is 12.7 Å². The summed E-state index contributed by atoms with van der Waals surface area (Å²) in [5.41, 5.74) is 9.89. The number of esters is 1. The van der Waals surface area contributed by atoms with Crippen LogP contribution < -0.4 is 11.1 Å². The number of benzene rings is 3. The lowest BCUT2D eigenvalue weighted by atomic mass is 9.94. The Hall–Kier alpha value is -5.05. The zero-order valence-electron chi connectivity index (χ0n) is 25.3. The number of nitrogens with one attached hydrogen (secondary N) is 1. The van der Waals surface area contributed by atoms with Gasteiger partial charge in [-0.15, -0.1) is 0 Å². The Balaban J connectivity index is 1.74. The molecular weight excluding hydrogens is 559 g/mol. The van der Waals surface area contributed by atoms with Crippen molar-refractivity contribution in [2.45, 2.75) is 58.7 Å². The molecule has 3 N–H and O–H groups in total. The van der Waals surface area contributed by atoms with Crippen LogP contribution in [0.1, 0.15) is 60.8 Å². The van der Waals surface area contributed by atoms with Crippen molar-refractivity contribution < 1.29 is 23.5 Å². The fourth-order valence-electron chi connectivity index (χ4n) is 4.67. The quantitative estimate of drug-likeness (QED) is 0.164. The number of allylic oxidation sites excluding steroid dienone is 1. The Morgan fingerprint density at radius 3 is 2.36 bits per heavy atom. The number of rotatable bonds is 11. The summed E-state index contributed by atoms with van der Waals surface area (Å²) >= 11 is 0. The van der Waals surface area contributed by atoms with E-state index in [2.05, 4.69) is 10.3 Å². The molecule has 0 saturated heterocycles. The van der Waals surface area contributed by atoms with Gasteiger partial charge >= 0.3 is 5.97 Å².